The van der Waals surface area contributed by atoms with Crippen LogP contribution in [-0.2, 0) is 6.18 Å². The Kier molecular flexibility index (Phi) is 5.27. The normalized spacial score (nSPS) is 11.5. The molecule has 11 heteroatoms. The summed E-state index contributed by atoms with van der Waals surface area (Å²) in [6, 6.07) is 10.1. The monoisotopic (exact) mass is 450 g/mol. The highest BCUT2D eigenvalue weighted by Gasteiger charge is 2.39. The summed E-state index contributed by atoms with van der Waals surface area (Å²) in [5.41, 5.74) is 0.249. The Hall–Kier alpha value is -3.60. The molecule has 0 saturated carbocycles. The lowest BCUT2D eigenvalue weighted by molar-refractivity contribution is -0.146. The van der Waals surface area contributed by atoms with Gasteiger partial charge >= 0.3 is 6.18 Å². The molecule has 0 radical (unpaired) electrons. The van der Waals surface area contributed by atoms with Gasteiger partial charge in [-0.15, -0.1) is 10.2 Å². The minimum Gasteiger partial charge on any atom is -0.322 e. The summed E-state index contributed by atoms with van der Waals surface area (Å²) in [6.45, 7) is 0. The van der Waals surface area contributed by atoms with Crippen LogP contribution < -0.4 is 5.32 Å². The van der Waals surface area contributed by atoms with E-state index in [1.54, 1.807) is 16.8 Å². The number of carbonyl (C=O) groups is 1. The molecule has 158 valence electrons. The predicted molar refractivity (Wildman–Crippen MR) is 104 cm³/mol. The fourth-order valence-corrected chi connectivity index (χ4v) is 3.50. The number of alkyl halides is 3. The highest BCUT2D eigenvalue weighted by molar-refractivity contribution is 7.08. The van der Waals surface area contributed by atoms with E-state index in [1.165, 1.54) is 41.7 Å². The maximum absolute atomic E-state index is 13.8. The van der Waals surface area contributed by atoms with Gasteiger partial charge in [-0.2, -0.15) is 24.5 Å². The van der Waals surface area contributed by atoms with Gasteiger partial charge in [0.2, 0.25) is 5.82 Å². The Morgan fingerprint density at radius 3 is 2.39 bits per heavy atom. The molecule has 4 aromatic rings. The first-order valence-corrected chi connectivity index (χ1v) is 9.61. The van der Waals surface area contributed by atoms with Crippen LogP contribution in [-0.4, -0.2) is 20.7 Å². The molecular formula is C20H11F5N4OS. The van der Waals surface area contributed by atoms with Gasteiger partial charge in [-0.25, -0.2) is 8.78 Å². The van der Waals surface area contributed by atoms with Crippen LogP contribution in [0.4, 0.5) is 27.6 Å². The summed E-state index contributed by atoms with van der Waals surface area (Å²) in [5.74, 6) is -4.56. The smallest absolute Gasteiger partial charge is 0.322 e. The van der Waals surface area contributed by atoms with Crippen LogP contribution in [0.1, 0.15) is 16.2 Å². The van der Waals surface area contributed by atoms with Crippen LogP contribution >= 0.6 is 11.3 Å². The number of amides is 1. The van der Waals surface area contributed by atoms with Gasteiger partial charge in [0.05, 0.1) is 5.56 Å². The molecule has 4 rings (SSSR count). The van der Waals surface area contributed by atoms with Gasteiger partial charge in [-0.05, 0) is 47.8 Å². The van der Waals surface area contributed by atoms with E-state index in [0.717, 1.165) is 16.7 Å². The van der Waals surface area contributed by atoms with Gasteiger partial charge < -0.3 is 5.32 Å². The summed E-state index contributed by atoms with van der Waals surface area (Å²) in [6.07, 6.45) is -4.75. The summed E-state index contributed by atoms with van der Waals surface area (Å²) < 4.78 is 68.3. The predicted octanol–water partition coefficient (Wildman–Crippen LogP) is 5.55. The van der Waals surface area contributed by atoms with E-state index in [1.807, 2.05) is 0 Å². The maximum Gasteiger partial charge on any atom is 0.452 e. The molecular weight excluding hydrogens is 439 g/mol. The molecule has 0 spiro atoms. The fourth-order valence-electron chi connectivity index (χ4n) is 2.86. The van der Waals surface area contributed by atoms with Gasteiger partial charge in [0.25, 0.3) is 5.91 Å². The lowest BCUT2D eigenvalue weighted by atomic mass is 10.2. The zero-order valence-electron chi connectivity index (χ0n) is 15.3. The summed E-state index contributed by atoms with van der Waals surface area (Å²) in [4.78, 5) is 12.2. The standard InChI is InChI=1S/C20H11F5N4OS/c21-15-3-1-2-14(16(15)22)18(30)26-12-4-6-13(7-5-12)29-17(11-8-9-31-10-11)27-28-19(29)20(23,24)25/h1-10H,(H,26,30). The van der Waals surface area contributed by atoms with Gasteiger partial charge in [0, 0.05) is 22.3 Å². The zero-order chi connectivity index (χ0) is 22.2. The van der Waals surface area contributed by atoms with Crippen molar-refractivity contribution in [3.8, 4) is 17.1 Å². The van der Waals surface area contributed by atoms with E-state index >= 15 is 0 Å². The van der Waals surface area contributed by atoms with Crippen LogP contribution in [0, 0.1) is 11.6 Å². The van der Waals surface area contributed by atoms with E-state index < -0.39 is 35.1 Å². The van der Waals surface area contributed by atoms with E-state index in [2.05, 4.69) is 15.5 Å². The van der Waals surface area contributed by atoms with Gasteiger partial charge in [-0.3, -0.25) is 9.36 Å². The van der Waals surface area contributed by atoms with Crippen molar-refractivity contribution in [3.05, 3.63) is 82.3 Å². The second kappa shape index (κ2) is 7.91. The third-order valence-corrected chi connectivity index (χ3v) is 4.96. The van der Waals surface area contributed by atoms with E-state index in [0.29, 0.717) is 5.56 Å². The van der Waals surface area contributed by atoms with Crippen molar-refractivity contribution in [2.75, 3.05) is 5.32 Å². The lowest BCUT2D eigenvalue weighted by Gasteiger charge is -2.13. The number of nitrogens with zero attached hydrogens (tertiary/aromatic N) is 3. The Morgan fingerprint density at radius 2 is 1.74 bits per heavy atom. The van der Waals surface area contributed by atoms with Gasteiger partial charge in [-0.1, -0.05) is 6.07 Å². The van der Waals surface area contributed by atoms with Crippen LogP contribution in [0.2, 0.25) is 0 Å². The van der Waals surface area contributed by atoms with Crippen LogP contribution in [0.15, 0.2) is 59.3 Å². The van der Waals surface area contributed by atoms with Gasteiger partial charge in [0.1, 0.15) is 0 Å². The third-order valence-electron chi connectivity index (χ3n) is 4.28. The molecule has 0 unspecified atom stereocenters. The summed E-state index contributed by atoms with van der Waals surface area (Å²) in [5, 5.41) is 12.7. The van der Waals surface area contributed by atoms with Crippen LogP contribution in [0.5, 0.6) is 0 Å². The van der Waals surface area contributed by atoms with E-state index in [-0.39, 0.29) is 17.2 Å². The zero-order valence-corrected chi connectivity index (χ0v) is 16.1. The maximum atomic E-state index is 13.8. The van der Waals surface area contributed by atoms with E-state index in [4.69, 9.17) is 0 Å². The third kappa shape index (κ3) is 4.04. The first-order chi connectivity index (χ1) is 14.8. The van der Waals surface area contributed by atoms with Gasteiger partial charge in [0.15, 0.2) is 17.5 Å². The molecule has 5 nitrogen and oxygen atoms in total. The molecule has 0 aliphatic heterocycles. The number of anilines is 1. The highest BCUT2D eigenvalue weighted by atomic mass is 32.1. The van der Waals surface area contributed by atoms with Crippen LogP contribution in [0.25, 0.3) is 17.1 Å². The average Bonchev–Trinajstić information content (AvgIpc) is 3.39. The molecule has 31 heavy (non-hydrogen) atoms. The number of carbonyl (C=O) groups excluding carboxylic acids is 1. The quantitative estimate of drug-likeness (QED) is 0.415. The largest absolute Gasteiger partial charge is 0.452 e. The molecule has 2 heterocycles. The number of hydrogen-bond donors (Lipinski definition) is 1. The average molecular weight is 450 g/mol. The fraction of sp³-hybridized carbons (Fsp3) is 0.0500. The first kappa shape index (κ1) is 20.7. The molecule has 1 amide bonds. The molecule has 0 aliphatic carbocycles. The number of benzene rings is 2. The van der Waals surface area contributed by atoms with Crippen LogP contribution in [0.3, 0.4) is 0 Å². The number of hydrogen-bond acceptors (Lipinski definition) is 4. The second-order valence-corrected chi connectivity index (χ2v) is 7.07. The number of halogens is 5. The Bertz CT molecular complexity index is 1230. The lowest BCUT2D eigenvalue weighted by Crippen LogP contribution is -2.15. The number of nitrogens with one attached hydrogen (secondary N) is 1. The summed E-state index contributed by atoms with van der Waals surface area (Å²) >= 11 is 1.30. The molecule has 0 bridgehead atoms. The van der Waals surface area contributed by atoms with Crippen molar-refractivity contribution in [3.63, 3.8) is 0 Å². The molecule has 2 aromatic carbocycles. The molecule has 2 aromatic heterocycles. The highest BCUT2D eigenvalue weighted by Crippen LogP contribution is 2.34. The van der Waals surface area contributed by atoms with Crippen molar-refractivity contribution < 1.29 is 26.7 Å². The van der Waals surface area contributed by atoms with Crippen molar-refractivity contribution >= 4 is 22.9 Å². The minimum atomic E-state index is -4.75. The number of rotatable bonds is 4. The second-order valence-electron chi connectivity index (χ2n) is 6.29. The summed E-state index contributed by atoms with van der Waals surface area (Å²) in [7, 11) is 0. The molecule has 0 fully saturated rings. The Balaban J connectivity index is 1.67. The molecule has 0 atom stereocenters. The van der Waals surface area contributed by atoms with Crippen molar-refractivity contribution in [1.82, 2.24) is 14.8 Å². The van der Waals surface area contributed by atoms with Crippen molar-refractivity contribution in [2.45, 2.75) is 6.18 Å². The Morgan fingerprint density at radius 1 is 1.00 bits per heavy atom. The molecule has 1 N–H and O–H groups in total. The molecule has 0 aliphatic rings. The first-order valence-electron chi connectivity index (χ1n) is 8.66. The number of thiophene rings is 1. The Labute approximate surface area is 175 Å². The van der Waals surface area contributed by atoms with Crippen molar-refractivity contribution in [2.24, 2.45) is 0 Å². The SMILES string of the molecule is O=C(Nc1ccc(-n2c(-c3ccsc3)nnc2C(F)(F)F)cc1)c1cccc(F)c1F. The number of aromatic nitrogens is 3. The van der Waals surface area contributed by atoms with E-state index in [9.17, 15) is 26.7 Å². The van der Waals surface area contributed by atoms with Crippen molar-refractivity contribution in [1.29, 1.82) is 0 Å². The molecule has 0 saturated heterocycles. The minimum absolute atomic E-state index is 0.00666. The topological polar surface area (TPSA) is 59.8 Å².